The zero-order valence-electron chi connectivity index (χ0n) is 23.1. The molecule has 3 aromatic rings. The number of carbonyl (C=O) groups is 2. The van der Waals surface area contributed by atoms with Crippen LogP contribution >= 0.6 is 0 Å². The molecule has 6 nitrogen and oxygen atoms in total. The molecule has 8 rings (SSSR count). The molecule has 6 heteroatoms. The highest BCUT2D eigenvalue weighted by atomic mass is 16.6. The third kappa shape index (κ3) is 3.80. The molecule has 1 saturated heterocycles. The van der Waals surface area contributed by atoms with Crippen molar-refractivity contribution in [1.82, 2.24) is 4.90 Å². The van der Waals surface area contributed by atoms with Crippen molar-refractivity contribution in [2.75, 3.05) is 6.54 Å². The quantitative estimate of drug-likeness (QED) is 0.223. The topological polar surface area (TPSA) is 65.1 Å². The predicted molar refractivity (Wildman–Crippen MR) is 153 cm³/mol. The summed E-state index contributed by atoms with van der Waals surface area (Å²) in [4.78, 5) is 29.0. The first-order valence-electron chi connectivity index (χ1n) is 14.8. The second-order valence-electron chi connectivity index (χ2n) is 12.2. The van der Waals surface area contributed by atoms with E-state index in [1.807, 2.05) is 48.5 Å². The van der Waals surface area contributed by atoms with Crippen molar-refractivity contribution in [2.24, 2.45) is 11.8 Å². The van der Waals surface area contributed by atoms with Gasteiger partial charge >= 0.3 is 11.9 Å². The molecule has 1 spiro atoms. The van der Waals surface area contributed by atoms with Gasteiger partial charge in [0.1, 0.15) is 6.10 Å². The lowest BCUT2D eigenvalue weighted by molar-refractivity contribution is -0.0696. The van der Waals surface area contributed by atoms with Crippen molar-refractivity contribution >= 4 is 11.9 Å². The third-order valence-electron chi connectivity index (χ3n) is 10.2. The van der Waals surface area contributed by atoms with Gasteiger partial charge in [0, 0.05) is 29.0 Å². The van der Waals surface area contributed by atoms with E-state index in [1.54, 1.807) is 24.3 Å². The molecule has 5 aliphatic rings. The van der Waals surface area contributed by atoms with E-state index in [0.717, 1.165) is 30.9 Å². The van der Waals surface area contributed by atoms with Gasteiger partial charge in [0.25, 0.3) is 0 Å². The first kappa shape index (κ1) is 24.9. The van der Waals surface area contributed by atoms with Crippen LogP contribution < -0.4 is 9.47 Å². The molecular formula is C35H33NO5. The van der Waals surface area contributed by atoms with Gasteiger partial charge < -0.3 is 14.2 Å². The van der Waals surface area contributed by atoms with Crippen LogP contribution in [0.5, 0.6) is 11.5 Å². The molecule has 208 valence electrons. The molecule has 0 amide bonds. The van der Waals surface area contributed by atoms with Crippen molar-refractivity contribution in [3.8, 4) is 11.5 Å². The number of esters is 2. The number of ether oxygens (including phenoxy) is 3. The summed E-state index contributed by atoms with van der Waals surface area (Å²) in [6.07, 6.45) is 7.84. The van der Waals surface area contributed by atoms with Crippen LogP contribution in [0, 0.1) is 11.8 Å². The van der Waals surface area contributed by atoms with Gasteiger partial charge in [-0.25, -0.2) is 9.59 Å². The van der Waals surface area contributed by atoms with Crippen molar-refractivity contribution in [2.45, 2.75) is 62.3 Å². The Bertz CT molecular complexity index is 1550. The minimum absolute atomic E-state index is 0.225. The Morgan fingerprint density at radius 1 is 0.927 bits per heavy atom. The first-order chi connectivity index (χ1) is 20.0. The zero-order valence-corrected chi connectivity index (χ0v) is 23.1. The fourth-order valence-electron chi connectivity index (χ4n) is 8.09. The van der Waals surface area contributed by atoms with E-state index in [0.29, 0.717) is 34.7 Å². The molecule has 0 N–H and O–H groups in total. The normalized spacial score (nSPS) is 29.7. The molecule has 2 aliphatic heterocycles. The minimum atomic E-state index is -0.553. The van der Waals surface area contributed by atoms with Crippen molar-refractivity contribution in [1.29, 1.82) is 0 Å². The molecule has 2 fully saturated rings. The van der Waals surface area contributed by atoms with Crippen molar-refractivity contribution in [3.63, 3.8) is 0 Å². The lowest BCUT2D eigenvalue weighted by atomic mass is 9.53. The average molecular weight is 548 g/mol. The Hall–Kier alpha value is -3.90. The van der Waals surface area contributed by atoms with Gasteiger partial charge in [0.15, 0.2) is 17.6 Å². The maximum Gasteiger partial charge on any atom is 0.343 e. The van der Waals surface area contributed by atoms with Crippen LogP contribution in [0.3, 0.4) is 0 Å². The van der Waals surface area contributed by atoms with E-state index in [2.05, 4.69) is 24.0 Å². The maximum absolute atomic E-state index is 13.2. The summed E-state index contributed by atoms with van der Waals surface area (Å²) in [5.74, 6) is 1.29. The number of hydrogen-bond donors (Lipinski definition) is 0. The summed E-state index contributed by atoms with van der Waals surface area (Å²) in [5, 5.41) is 0. The van der Waals surface area contributed by atoms with Gasteiger partial charge in [-0.3, -0.25) is 4.90 Å². The minimum Gasteiger partial charge on any atom is -0.481 e. The van der Waals surface area contributed by atoms with Crippen molar-refractivity contribution in [3.05, 3.63) is 107 Å². The number of hydrogen-bond acceptors (Lipinski definition) is 6. The van der Waals surface area contributed by atoms with Crippen LogP contribution in [0.25, 0.3) is 0 Å². The van der Waals surface area contributed by atoms with Gasteiger partial charge in [0.2, 0.25) is 0 Å². The van der Waals surface area contributed by atoms with E-state index in [1.165, 1.54) is 18.4 Å². The number of likely N-dealkylation sites (tertiary alicyclic amines) is 1. The molecule has 1 unspecified atom stereocenters. The highest BCUT2D eigenvalue weighted by molar-refractivity contribution is 5.91. The Labute approximate surface area is 239 Å². The standard InChI is InChI=1S/C35H33NO5/c1-21(22-12-13-22)36-19-18-35-26-15-17-29(40-34(38)24-10-6-3-7-11-24)32(35)41-31-28(16-14-25(30(31)35)20-27(26)36)39-33(37)23-8-4-2-5-9-23/h2-11,14-17,21-22,26-27,29,32H,12-13,18-20H2,1H3/t21?,26-,27+,29-,32-,35-/m0/s1. The number of benzene rings is 3. The number of carbonyl (C=O) groups excluding carboxylic acids is 2. The van der Waals surface area contributed by atoms with Crippen LogP contribution in [0.1, 0.15) is 58.0 Å². The van der Waals surface area contributed by atoms with Gasteiger partial charge in [-0.05, 0) is 87.0 Å². The Morgan fingerprint density at radius 2 is 1.63 bits per heavy atom. The van der Waals surface area contributed by atoms with Gasteiger partial charge in [-0.15, -0.1) is 0 Å². The van der Waals surface area contributed by atoms with Crippen molar-refractivity contribution < 1.29 is 23.8 Å². The second-order valence-corrected chi connectivity index (χ2v) is 12.2. The summed E-state index contributed by atoms with van der Waals surface area (Å²) in [6.45, 7) is 3.36. The molecule has 41 heavy (non-hydrogen) atoms. The molecule has 2 bridgehead atoms. The Balaban J connectivity index is 1.20. The predicted octanol–water partition coefficient (Wildman–Crippen LogP) is 5.75. The van der Waals surface area contributed by atoms with E-state index >= 15 is 0 Å². The monoisotopic (exact) mass is 547 g/mol. The van der Waals surface area contributed by atoms with Gasteiger partial charge in [-0.2, -0.15) is 0 Å². The second kappa shape index (κ2) is 9.31. The molecule has 0 radical (unpaired) electrons. The molecule has 3 aromatic carbocycles. The van der Waals surface area contributed by atoms with Crippen LogP contribution in [0.2, 0.25) is 0 Å². The fourth-order valence-corrected chi connectivity index (χ4v) is 8.09. The molecular weight excluding hydrogens is 514 g/mol. The lowest BCUT2D eigenvalue weighted by Gasteiger charge is -2.58. The lowest BCUT2D eigenvalue weighted by Crippen LogP contribution is -2.67. The van der Waals surface area contributed by atoms with Crippen LogP contribution in [-0.4, -0.2) is 47.7 Å². The maximum atomic E-state index is 13.2. The van der Waals surface area contributed by atoms with Gasteiger partial charge in [0.05, 0.1) is 11.1 Å². The molecule has 1 saturated carbocycles. The average Bonchev–Trinajstić information content (AvgIpc) is 3.80. The first-order valence-corrected chi connectivity index (χ1v) is 14.8. The fraction of sp³-hybridized carbons (Fsp3) is 0.371. The summed E-state index contributed by atoms with van der Waals surface area (Å²) in [7, 11) is 0. The zero-order chi connectivity index (χ0) is 27.7. The molecule has 0 aromatic heterocycles. The Morgan fingerprint density at radius 3 is 2.34 bits per heavy atom. The summed E-state index contributed by atoms with van der Waals surface area (Å²) >= 11 is 0. The van der Waals surface area contributed by atoms with E-state index < -0.39 is 18.2 Å². The smallest absolute Gasteiger partial charge is 0.343 e. The van der Waals surface area contributed by atoms with Crippen LogP contribution in [0.4, 0.5) is 0 Å². The number of nitrogens with zero attached hydrogens (tertiary/aromatic N) is 1. The summed E-state index contributed by atoms with van der Waals surface area (Å²) < 4.78 is 19.0. The van der Waals surface area contributed by atoms with E-state index in [-0.39, 0.29) is 17.3 Å². The molecule has 3 aliphatic carbocycles. The summed E-state index contributed by atoms with van der Waals surface area (Å²) in [5.41, 5.74) is 3.05. The highest BCUT2D eigenvalue weighted by Crippen LogP contribution is 2.63. The summed E-state index contributed by atoms with van der Waals surface area (Å²) in [6, 6.07) is 23.0. The van der Waals surface area contributed by atoms with Gasteiger partial charge in [-0.1, -0.05) is 48.5 Å². The van der Waals surface area contributed by atoms with Crippen LogP contribution in [-0.2, 0) is 16.6 Å². The van der Waals surface area contributed by atoms with E-state index in [9.17, 15) is 9.59 Å². The van der Waals surface area contributed by atoms with Crippen LogP contribution in [0.15, 0.2) is 84.9 Å². The third-order valence-corrected chi connectivity index (χ3v) is 10.2. The van der Waals surface area contributed by atoms with E-state index in [4.69, 9.17) is 14.2 Å². The Kier molecular flexibility index (Phi) is 5.65. The highest BCUT2D eigenvalue weighted by Gasteiger charge is 2.66. The molecule has 6 atom stereocenters. The SMILES string of the molecule is CC(C1CC1)N1CC[C@]23c4c5ccc(OC(=O)c6ccccc6)c4O[C@H]2[C@@H](OC(=O)c2ccccc2)C=C[C@H]3[C@H]1C5. The number of rotatable bonds is 6. The molecule has 2 heterocycles. The number of piperidine rings is 1. The largest absolute Gasteiger partial charge is 0.481 e.